The predicted molar refractivity (Wildman–Crippen MR) is 216 cm³/mol. The number of allylic oxidation sites excluding steroid dienone is 5. The number of alkyl halides is 3. The maximum atomic E-state index is 14.3. The fourth-order valence-electron chi connectivity index (χ4n) is 8.86. The second kappa shape index (κ2) is 17.5. The molecule has 0 saturated carbocycles. The summed E-state index contributed by atoms with van der Waals surface area (Å²) < 4.78 is 50.1. The zero-order valence-electron chi connectivity index (χ0n) is 32.5. The van der Waals surface area contributed by atoms with Gasteiger partial charge < -0.3 is 19.5 Å². The van der Waals surface area contributed by atoms with E-state index in [9.17, 15) is 27.6 Å². The minimum Gasteiger partial charge on any atom is -0.501 e. The zero-order chi connectivity index (χ0) is 40.3. The minimum atomic E-state index is -4.55. The van der Waals surface area contributed by atoms with Gasteiger partial charge in [0, 0.05) is 73.1 Å². The molecule has 2 unspecified atom stereocenters. The second-order valence-corrected chi connectivity index (χ2v) is 16.4. The Balaban J connectivity index is 0.894. The maximum Gasteiger partial charge on any atom is 0.418 e. The number of methoxy groups -OCH3 is 1. The maximum absolute atomic E-state index is 14.3. The first-order valence-corrected chi connectivity index (χ1v) is 20.4. The molecule has 7 rings (SSSR count). The average Bonchev–Trinajstić information content (AvgIpc) is 3.50. The van der Waals surface area contributed by atoms with E-state index in [1.54, 1.807) is 31.0 Å². The number of hydrogen-bond donors (Lipinski definition) is 3. The summed E-state index contributed by atoms with van der Waals surface area (Å²) >= 11 is 7.02. The van der Waals surface area contributed by atoms with Crippen LogP contribution in [0.5, 0.6) is 0 Å². The van der Waals surface area contributed by atoms with Gasteiger partial charge in [0.05, 0.1) is 18.9 Å². The molecule has 2 amide bonds. The molecule has 306 valence electrons. The molecule has 1 aliphatic carbocycles. The van der Waals surface area contributed by atoms with E-state index in [4.69, 9.17) is 16.3 Å². The molecule has 0 radical (unpaired) electrons. The molecule has 3 aliphatic heterocycles. The second-order valence-electron chi connectivity index (χ2n) is 16.0. The molecular weight excluding hydrogens is 759 g/mol. The highest BCUT2D eigenvalue weighted by Crippen LogP contribution is 2.40. The van der Waals surface area contributed by atoms with Gasteiger partial charge in [-0.05, 0) is 105 Å². The normalized spacial score (nSPS) is 21.9. The van der Waals surface area contributed by atoms with Crippen LogP contribution in [0.3, 0.4) is 0 Å². The Kier molecular flexibility index (Phi) is 12.5. The molecule has 3 fully saturated rings. The fraction of sp³-hybridized carbons (Fsp3) is 0.524. The molecule has 57 heavy (non-hydrogen) atoms. The molecule has 3 saturated heterocycles. The number of piperidine rings is 2. The summed E-state index contributed by atoms with van der Waals surface area (Å²) in [4.78, 5) is 40.6. The number of aryl methyl sites for hydroxylation is 1. The van der Waals surface area contributed by atoms with Gasteiger partial charge in [0.15, 0.2) is 0 Å². The Morgan fingerprint density at radius 3 is 2.49 bits per heavy atom. The zero-order valence-corrected chi connectivity index (χ0v) is 33.3. The summed E-state index contributed by atoms with van der Waals surface area (Å²) in [6, 6.07) is 3.42. The van der Waals surface area contributed by atoms with Crippen molar-refractivity contribution in [2.24, 2.45) is 18.9 Å². The number of carbonyl (C=O) groups is 2. The highest BCUT2D eigenvalue weighted by atomic mass is 35.5. The van der Waals surface area contributed by atoms with Gasteiger partial charge in [-0.2, -0.15) is 18.3 Å². The van der Waals surface area contributed by atoms with Crippen molar-refractivity contribution in [2.45, 2.75) is 82.8 Å². The van der Waals surface area contributed by atoms with Crippen LogP contribution in [0.4, 0.5) is 24.5 Å². The van der Waals surface area contributed by atoms with Gasteiger partial charge in [-0.3, -0.25) is 29.7 Å². The highest BCUT2D eigenvalue weighted by molar-refractivity contribution is 6.32. The summed E-state index contributed by atoms with van der Waals surface area (Å²) in [6.07, 6.45) is 12.3. The van der Waals surface area contributed by atoms with E-state index in [2.05, 4.69) is 25.7 Å². The summed E-state index contributed by atoms with van der Waals surface area (Å²) in [6.45, 7) is 3.87. The molecule has 2 atom stereocenters. The third-order valence-corrected chi connectivity index (χ3v) is 12.5. The Hall–Kier alpha value is -4.56. The van der Waals surface area contributed by atoms with Gasteiger partial charge in [-0.25, -0.2) is 0 Å². The SMILES string of the molecule is COC1=CC(c2cn(C)c(=O)c3[nH]ncc23)=CC(Cl)=C(CN2CCCC(CCCC3CCN(c4ccc(NC5CCC(=O)NC5=O)cc4C(F)(F)F)CC3)CC2)C1. The number of likely N-dealkylation sites (tertiary alicyclic amines) is 1. The Bertz CT molecular complexity index is 2130. The lowest BCUT2D eigenvalue weighted by molar-refractivity contribution is -0.137. The van der Waals surface area contributed by atoms with Gasteiger partial charge in [0.25, 0.3) is 5.56 Å². The van der Waals surface area contributed by atoms with Crippen LogP contribution in [0.25, 0.3) is 16.5 Å². The molecule has 1 aromatic carbocycles. The summed E-state index contributed by atoms with van der Waals surface area (Å²) in [5.74, 6) is 1.03. The predicted octanol–water partition coefficient (Wildman–Crippen LogP) is 7.50. The van der Waals surface area contributed by atoms with Crippen LogP contribution in [0.1, 0.15) is 81.8 Å². The number of carbonyl (C=O) groups excluding carboxylic acids is 2. The first-order chi connectivity index (χ1) is 27.4. The number of fused-ring (bicyclic) bond motifs is 1. The molecule has 2 aromatic heterocycles. The minimum absolute atomic E-state index is 0.143. The number of aromatic nitrogens is 3. The number of amides is 2. The molecule has 3 aromatic rings. The van der Waals surface area contributed by atoms with Crippen LogP contribution >= 0.6 is 11.6 Å². The monoisotopic (exact) mass is 809 g/mol. The van der Waals surface area contributed by atoms with E-state index in [0.29, 0.717) is 41.9 Å². The van der Waals surface area contributed by atoms with Crippen LogP contribution in [0, 0.1) is 11.8 Å². The highest BCUT2D eigenvalue weighted by Gasteiger charge is 2.37. The number of benzene rings is 1. The van der Waals surface area contributed by atoms with E-state index in [1.807, 2.05) is 23.2 Å². The lowest BCUT2D eigenvalue weighted by atomic mass is 9.87. The molecule has 15 heteroatoms. The quantitative estimate of drug-likeness (QED) is 0.170. The lowest BCUT2D eigenvalue weighted by Crippen LogP contribution is -2.47. The van der Waals surface area contributed by atoms with Gasteiger partial charge in [0.2, 0.25) is 11.8 Å². The Labute approximate surface area is 335 Å². The van der Waals surface area contributed by atoms with Gasteiger partial charge >= 0.3 is 6.18 Å². The molecule has 5 heterocycles. The number of aromatic amines is 1. The Morgan fingerprint density at radius 1 is 1.00 bits per heavy atom. The first-order valence-electron chi connectivity index (χ1n) is 20.0. The van der Waals surface area contributed by atoms with E-state index in [1.165, 1.54) is 12.5 Å². The van der Waals surface area contributed by atoms with Crippen molar-refractivity contribution < 1.29 is 27.5 Å². The molecule has 0 bridgehead atoms. The van der Waals surface area contributed by atoms with Crippen molar-refractivity contribution in [1.29, 1.82) is 0 Å². The lowest BCUT2D eigenvalue weighted by Gasteiger charge is -2.35. The number of rotatable bonds is 11. The number of ether oxygens (including phenoxy) is 1. The van der Waals surface area contributed by atoms with E-state index in [0.717, 1.165) is 98.5 Å². The summed E-state index contributed by atoms with van der Waals surface area (Å²) in [7, 11) is 3.39. The largest absolute Gasteiger partial charge is 0.501 e. The van der Waals surface area contributed by atoms with E-state index < -0.39 is 23.7 Å². The number of anilines is 2. The standard InChI is InChI=1S/C42H51ClF3N7O4/c1-51-25-33(32-23-47-50-39(32)41(51)56)28-19-31(57-2)20-29(35(43)21-28)24-52-15-4-7-26(12-16-52)5-3-6-27-13-17-53(18-14-27)37-10-8-30(22-34(37)42(44,45)46)48-36-9-11-38(54)49-40(36)55/h8,10,19,21-23,25-27,36,48H,3-7,9,11-18,20,24H2,1-2H3,(H,47,50)(H,49,54,55). The van der Waals surface area contributed by atoms with E-state index in [-0.39, 0.29) is 35.7 Å². The van der Waals surface area contributed by atoms with Crippen molar-refractivity contribution in [3.8, 4) is 0 Å². The number of nitrogens with one attached hydrogen (secondary N) is 3. The average molecular weight is 810 g/mol. The molecule has 4 aliphatic rings. The fourth-order valence-corrected chi connectivity index (χ4v) is 9.10. The van der Waals surface area contributed by atoms with Crippen LogP contribution in [-0.2, 0) is 27.5 Å². The van der Waals surface area contributed by atoms with Crippen LogP contribution in [0.2, 0.25) is 0 Å². The number of pyridine rings is 1. The molecule has 11 nitrogen and oxygen atoms in total. The topological polar surface area (TPSA) is 125 Å². The molecule has 3 N–H and O–H groups in total. The molecular formula is C42H51ClF3N7O4. The summed E-state index contributed by atoms with van der Waals surface area (Å²) in [5.41, 5.74) is 2.77. The third kappa shape index (κ3) is 9.60. The van der Waals surface area contributed by atoms with Crippen molar-refractivity contribution in [1.82, 2.24) is 25.0 Å². The number of hydrogen-bond acceptors (Lipinski definition) is 8. The Morgan fingerprint density at radius 2 is 1.75 bits per heavy atom. The molecule has 0 spiro atoms. The van der Waals surface area contributed by atoms with Gasteiger partial charge in [0.1, 0.15) is 17.3 Å². The number of halogens is 4. The van der Waals surface area contributed by atoms with Crippen molar-refractivity contribution in [2.75, 3.05) is 50.1 Å². The number of imide groups is 1. The summed E-state index contributed by atoms with van der Waals surface area (Å²) in [5, 5.41) is 13.5. The smallest absolute Gasteiger partial charge is 0.418 e. The number of H-pyrrole nitrogens is 1. The number of nitrogens with zero attached hydrogens (tertiary/aromatic N) is 4. The van der Waals surface area contributed by atoms with Crippen molar-refractivity contribution in [3.05, 3.63) is 80.6 Å². The van der Waals surface area contributed by atoms with Crippen molar-refractivity contribution >= 4 is 51.3 Å². The third-order valence-electron chi connectivity index (χ3n) is 12.1. The van der Waals surface area contributed by atoms with Crippen molar-refractivity contribution in [3.63, 3.8) is 0 Å². The van der Waals surface area contributed by atoms with Gasteiger partial charge in [-0.15, -0.1) is 0 Å². The van der Waals surface area contributed by atoms with Gasteiger partial charge in [-0.1, -0.05) is 30.9 Å². The van der Waals surface area contributed by atoms with Crippen LogP contribution < -0.4 is 21.1 Å². The first kappa shape index (κ1) is 40.6. The van der Waals surface area contributed by atoms with Crippen LogP contribution in [-0.4, -0.2) is 77.4 Å². The van der Waals surface area contributed by atoms with E-state index >= 15 is 0 Å². The van der Waals surface area contributed by atoms with Crippen LogP contribution in [0.15, 0.2) is 63.9 Å².